The summed E-state index contributed by atoms with van der Waals surface area (Å²) in [5.41, 5.74) is 7.15. The van der Waals surface area contributed by atoms with Crippen molar-refractivity contribution in [3.63, 3.8) is 0 Å². The van der Waals surface area contributed by atoms with Crippen molar-refractivity contribution >= 4 is 11.9 Å². The van der Waals surface area contributed by atoms with Gasteiger partial charge in [-0.15, -0.1) is 0 Å². The SMILES string of the molecule is Cc1cccc(C)c1OC[C@@H](C)NC(=O)N(C)CC(N)=O. The number of urea groups is 1. The molecule has 0 saturated carbocycles. The molecule has 0 bridgehead atoms. The van der Waals surface area contributed by atoms with Gasteiger partial charge in [0.05, 0.1) is 6.04 Å². The summed E-state index contributed by atoms with van der Waals surface area (Å²) in [6, 6.07) is 5.39. The zero-order valence-corrected chi connectivity index (χ0v) is 13.0. The van der Waals surface area contributed by atoms with Gasteiger partial charge in [-0.2, -0.15) is 0 Å². The Labute approximate surface area is 125 Å². The maximum Gasteiger partial charge on any atom is 0.317 e. The molecule has 0 aliphatic rings. The Kier molecular flexibility index (Phi) is 6.02. The number of amides is 3. The third-order valence-corrected chi connectivity index (χ3v) is 3.00. The summed E-state index contributed by atoms with van der Waals surface area (Å²) in [5, 5.41) is 2.75. The third-order valence-electron chi connectivity index (χ3n) is 3.00. The van der Waals surface area contributed by atoms with E-state index < -0.39 is 5.91 Å². The fourth-order valence-corrected chi connectivity index (χ4v) is 1.90. The lowest BCUT2D eigenvalue weighted by Gasteiger charge is -2.21. The largest absolute Gasteiger partial charge is 0.491 e. The standard InChI is InChI=1S/C15H23N3O3/c1-10-6-5-7-11(2)14(10)21-9-12(3)17-15(20)18(4)8-13(16)19/h5-7,12H,8-9H2,1-4H3,(H2,16,19)(H,17,20)/t12-/m1/s1. The number of carbonyl (C=O) groups excluding carboxylic acids is 2. The van der Waals surface area contributed by atoms with Crippen LogP contribution in [0, 0.1) is 13.8 Å². The van der Waals surface area contributed by atoms with Crippen LogP contribution in [-0.2, 0) is 4.79 Å². The van der Waals surface area contributed by atoms with Crippen molar-refractivity contribution in [2.75, 3.05) is 20.2 Å². The van der Waals surface area contributed by atoms with Gasteiger partial charge in [0, 0.05) is 7.05 Å². The minimum Gasteiger partial charge on any atom is -0.491 e. The van der Waals surface area contributed by atoms with Crippen molar-refractivity contribution in [1.29, 1.82) is 0 Å². The molecule has 0 aliphatic heterocycles. The predicted molar refractivity (Wildman–Crippen MR) is 81.2 cm³/mol. The van der Waals surface area contributed by atoms with E-state index in [1.54, 1.807) is 0 Å². The fraction of sp³-hybridized carbons (Fsp3) is 0.467. The summed E-state index contributed by atoms with van der Waals surface area (Å²) < 4.78 is 5.77. The highest BCUT2D eigenvalue weighted by Crippen LogP contribution is 2.22. The summed E-state index contributed by atoms with van der Waals surface area (Å²) in [5.74, 6) is 0.288. The summed E-state index contributed by atoms with van der Waals surface area (Å²) in [4.78, 5) is 23.8. The molecular weight excluding hydrogens is 270 g/mol. The second kappa shape index (κ2) is 7.52. The zero-order chi connectivity index (χ0) is 16.0. The minimum atomic E-state index is -0.549. The first-order valence-electron chi connectivity index (χ1n) is 6.80. The molecule has 21 heavy (non-hydrogen) atoms. The number of hydrogen-bond acceptors (Lipinski definition) is 3. The Balaban J connectivity index is 2.49. The number of aryl methyl sites for hydroxylation is 2. The molecule has 0 saturated heterocycles. The number of primary amides is 1. The number of rotatable bonds is 6. The number of nitrogens with one attached hydrogen (secondary N) is 1. The molecule has 0 heterocycles. The Hall–Kier alpha value is -2.24. The first kappa shape index (κ1) is 16.8. The van der Waals surface area contributed by atoms with Gasteiger partial charge in [0.25, 0.3) is 0 Å². The van der Waals surface area contributed by atoms with Crippen LogP contribution in [0.3, 0.4) is 0 Å². The number of nitrogens with zero attached hydrogens (tertiary/aromatic N) is 1. The Morgan fingerprint density at radius 3 is 2.43 bits per heavy atom. The van der Waals surface area contributed by atoms with Gasteiger partial charge in [0.15, 0.2) is 0 Å². The van der Waals surface area contributed by atoms with Crippen molar-refractivity contribution in [2.24, 2.45) is 5.73 Å². The lowest BCUT2D eigenvalue weighted by Crippen LogP contribution is -2.46. The summed E-state index contributed by atoms with van der Waals surface area (Å²) in [7, 11) is 1.51. The van der Waals surface area contributed by atoms with Crippen LogP contribution in [0.1, 0.15) is 18.1 Å². The van der Waals surface area contributed by atoms with Gasteiger partial charge < -0.3 is 20.7 Å². The van der Waals surface area contributed by atoms with Gasteiger partial charge in [-0.1, -0.05) is 18.2 Å². The number of para-hydroxylation sites is 1. The predicted octanol–water partition coefficient (Wildman–Crippen LogP) is 1.20. The van der Waals surface area contributed by atoms with E-state index in [1.165, 1.54) is 11.9 Å². The van der Waals surface area contributed by atoms with Crippen molar-refractivity contribution in [1.82, 2.24) is 10.2 Å². The summed E-state index contributed by atoms with van der Waals surface area (Å²) >= 11 is 0. The lowest BCUT2D eigenvalue weighted by atomic mass is 10.1. The molecule has 0 aliphatic carbocycles. The van der Waals surface area contributed by atoms with Gasteiger partial charge in [0.1, 0.15) is 18.9 Å². The molecule has 0 radical (unpaired) electrons. The van der Waals surface area contributed by atoms with E-state index in [9.17, 15) is 9.59 Å². The number of benzene rings is 1. The molecule has 1 atom stereocenters. The van der Waals surface area contributed by atoms with E-state index >= 15 is 0 Å². The quantitative estimate of drug-likeness (QED) is 0.826. The molecule has 1 rings (SSSR count). The molecule has 3 amide bonds. The monoisotopic (exact) mass is 293 g/mol. The van der Waals surface area contributed by atoms with Gasteiger partial charge in [-0.05, 0) is 31.9 Å². The number of likely N-dealkylation sites (N-methyl/N-ethyl adjacent to an activating group) is 1. The maximum absolute atomic E-state index is 11.8. The van der Waals surface area contributed by atoms with Crippen LogP contribution in [0.15, 0.2) is 18.2 Å². The van der Waals surface area contributed by atoms with Crippen molar-refractivity contribution in [3.05, 3.63) is 29.3 Å². The van der Waals surface area contributed by atoms with Crippen LogP contribution in [0.4, 0.5) is 4.79 Å². The average Bonchev–Trinajstić information content (AvgIpc) is 2.37. The summed E-state index contributed by atoms with van der Waals surface area (Å²) in [6.45, 7) is 6.03. The zero-order valence-electron chi connectivity index (χ0n) is 13.0. The van der Waals surface area contributed by atoms with E-state index in [2.05, 4.69) is 5.32 Å². The van der Waals surface area contributed by atoms with Crippen LogP contribution in [-0.4, -0.2) is 43.1 Å². The summed E-state index contributed by atoms with van der Waals surface area (Å²) in [6.07, 6.45) is 0. The average molecular weight is 293 g/mol. The molecule has 6 nitrogen and oxygen atoms in total. The first-order chi connectivity index (χ1) is 9.81. The van der Waals surface area contributed by atoms with E-state index in [0.29, 0.717) is 6.61 Å². The van der Waals surface area contributed by atoms with Gasteiger partial charge in [-0.25, -0.2) is 4.79 Å². The maximum atomic E-state index is 11.8. The Morgan fingerprint density at radius 1 is 1.33 bits per heavy atom. The molecule has 6 heteroatoms. The van der Waals surface area contributed by atoms with Crippen molar-refractivity contribution in [3.8, 4) is 5.75 Å². The normalized spacial score (nSPS) is 11.6. The van der Waals surface area contributed by atoms with Crippen LogP contribution in [0.25, 0.3) is 0 Å². The van der Waals surface area contributed by atoms with E-state index in [1.807, 2.05) is 39.0 Å². The highest BCUT2D eigenvalue weighted by molar-refractivity contribution is 5.82. The number of ether oxygens (including phenoxy) is 1. The van der Waals surface area contributed by atoms with E-state index in [0.717, 1.165) is 16.9 Å². The molecule has 3 N–H and O–H groups in total. The lowest BCUT2D eigenvalue weighted by molar-refractivity contribution is -0.118. The number of hydrogen-bond donors (Lipinski definition) is 2. The van der Waals surface area contributed by atoms with Gasteiger partial charge >= 0.3 is 6.03 Å². The second-order valence-electron chi connectivity index (χ2n) is 5.20. The molecule has 0 spiro atoms. The first-order valence-corrected chi connectivity index (χ1v) is 6.80. The number of nitrogens with two attached hydrogens (primary N) is 1. The molecular formula is C15H23N3O3. The van der Waals surface area contributed by atoms with Crippen LogP contribution in [0.5, 0.6) is 5.75 Å². The fourth-order valence-electron chi connectivity index (χ4n) is 1.90. The van der Waals surface area contributed by atoms with E-state index in [-0.39, 0.29) is 18.6 Å². The Morgan fingerprint density at radius 2 is 1.90 bits per heavy atom. The molecule has 0 fully saturated rings. The highest BCUT2D eigenvalue weighted by atomic mass is 16.5. The second-order valence-corrected chi connectivity index (χ2v) is 5.20. The molecule has 116 valence electrons. The molecule has 1 aromatic rings. The van der Waals surface area contributed by atoms with Crippen LogP contribution in [0.2, 0.25) is 0 Å². The smallest absolute Gasteiger partial charge is 0.317 e. The van der Waals surface area contributed by atoms with Crippen molar-refractivity contribution < 1.29 is 14.3 Å². The Bertz CT molecular complexity index is 497. The highest BCUT2D eigenvalue weighted by Gasteiger charge is 2.14. The molecule has 1 aromatic carbocycles. The van der Waals surface area contributed by atoms with Gasteiger partial charge in [-0.3, -0.25) is 4.79 Å². The minimum absolute atomic E-state index is 0.115. The molecule has 0 unspecified atom stereocenters. The van der Waals surface area contributed by atoms with Crippen LogP contribution < -0.4 is 15.8 Å². The van der Waals surface area contributed by atoms with Crippen molar-refractivity contribution in [2.45, 2.75) is 26.8 Å². The topological polar surface area (TPSA) is 84.7 Å². The van der Waals surface area contributed by atoms with E-state index in [4.69, 9.17) is 10.5 Å². The van der Waals surface area contributed by atoms with Gasteiger partial charge in [0.2, 0.25) is 5.91 Å². The van der Waals surface area contributed by atoms with Crippen LogP contribution >= 0.6 is 0 Å². The molecule has 0 aromatic heterocycles. The third kappa shape index (κ3) is 5.33. The number of carbonyl (C=O) groups is 2.